The zero-order chi connectivity index (χ0) is 15.5. The summed E-state index contributed by atoms with van der Waals surface area (Å²) in [5, 5.41) is 0. The van der Waals surface area contributed by atoms with Crippen molar-refractivity contribution in [1.29, 1.82) is 0 Å². The summed E-state index contributed by atoms with van der Waals surface area (Å²) >= 11 is 0. The first kappa shape index (κ1) is 15.2. The fourth-order valence-corrected chi connectivity index (χ4v) is 3.33. The van der Waals surface area contributed by atoms with Gasteiger partial charge >= 0.3 is 0 Å². The van der Waals surface area contributed by atoms with E-state index >= 15 is 0 Å². The molecule has 0 saturated carbocycles. The summed E-state index contributed by atoms with van der Waals surface area (Å²) in [5.41, 5.74) is 1.19. The van der Waals surface area contributed by atoms with Gasteiger partial charge in [0, 0.05) is 24.9 Å². The summed E-state index contributed by atoms with van der Waals surface area (Å²) in [6.07, 6.45) is 6.43. The minimum atomic E-state index is -0.172. The van der Waals surface area contributed by atoms with Crippen LogP contribution in [0.4, 0.5) is 4.39 Å². The van der Waals surface area contributed by atoms with Gasteiger partial charge in [-0.2, -0.15) is 0 Å². The van der Waals surface area contributed by atoms with E-state index in [0.717, 1.165) is 25.5 Å². The molecule has 2 aromatic rings. The number of benzene rings is 1. The third kappa shape index (κ3) is 3.22. The molecule has 1 aliphatic heterocycles. The lowest BCUT2D eigenvalue weighted by Gasteiger charge is -2.29. The monoisotopic (exact) mass is 301 g/mol. The van der Waals surface area contributed by atoms with E-state index in [2.05, 4.69) is 34.5 Å². The van der Waals surface area contributed by atoms with Crippen molar-refractivity contribution in [1.82, 2.24) is 14.5 Å². The van der Waals surface area contributed by atoms with Crippen molar-refractivity contribution in [2.75, 3.05) is 13.1 Å². The fourth-order valence-electron chi connectivity index (χ4n) is 3.33. The van der Waals surface area contributed by atoms with Crippen LogP contribution in [0.5, 0.6) is 0 Å². The van der Waals surface area contributed by atoms with Crippen LogP contribution in [0.15, 0.2) is 36.7 Å². The summed E-state index contributed by atoms with van der Waals surface area (Å²) in [7, 11) is 0. The molecule has 0 aliphatic carbocycles. The molecule has 0 amide bonds. The minimum Gasteiger partial charge on any atom is -0.333 e. The second-order valence-electron chi connectivity index (χ2n) is 6.40. The van der Waals surface area contributed by atoms with E-state index in [9.17, 15) is 4.39 Å². The number of nitrogens with zero attached hydrogens (tertiary/aromatic N) is 3. The summed E-state index contributed by atoms with van der Waals surface area (Å²) in [5.74, 6) is 1.35. The molecule has 1 saturated heterocycles. The molecule has 1 aromatic heterocycles. The maximum atomic E-state index is 13.2. The summed E-state index contributed by atoms with van der Waals surface area (Å²) in [6.45, 7) is 7.45. The van der Waals surface area contributed by atoms with E-state index in [1.807, 2.05) is 18.3 Å². The zero-order valence-corrected chi connectivity index (χ0v) is 13.4. The lowest BCUT2D eigenvalue weighted by atomic mass is 10.0. The number of imidazole rings is 1. The first-order chi connectivity index (χ1) is 10.6. The van der Waals surface area contributed by atoms with Gasteiger partial charge < -0.3 is 4.57 Å². The number of aromatic nitrogens is 2. The van der Waals surface area contributed by atoms with Crippen LogP contribution >= 0.6 is 0 Å². The van der Waals surface area contributed by atoms with Crippen LogP contribution < -0.4 is 0 Å². The van der Waals surface area contributed by atoms with Gasteiger partial charge in [0.15, 0.2) is 0 Å². The lowest BCUT2D eigenvalue weighted by Crippen LogP contribution is -2.29. The quantitative estimate of drug-likeness (QED) is 0.833. The molecule has 0 bridgehead atoms. The maximum Gasteiger partial charge on any atom is 0.123 e. The Balaban J connectivity index is 1.88. The van der Waals surface area contributed by atoms with Gasteiger partial charge in [0.05, 0.1) is 6.04 Å². The topological polar surface area (TPSA) is 21.1 Å². The van der Waals surface area contributed by atoms with Gasteiger partial charge in [-0.25, -0.2) is 9.37 Å². The Morgan fingerprint density at radius 1 is 1.14 bits per heavy atom. The molecule has 0 spiro atoms. The van der Waals surface area contributed by atoms with E-state index in [1.165, 1.54) is 18.4 Å². The predicted octanol–water partition coefficient (Wildman–Crippen LogP) is 3.98. The summed E-state index contributed by atoms with van der Waals surface area (Å²) in [6, 6.07) is 7.26. The predicted molar refractivity (Wildman–Crippen MR) is 86.3 cm³/mol. The molecule has 3 nitrogen and oxygen atoms in total. The van der Waals surface area contributed by atoms with Gasteiger partial charge in [0.1, 0.15) is 11.6 Å². The van der Waals surface area contributed by atoms with Crippen molar-refractivity contribution in [3.8, 4) is 0 Å². The third-order valence-electron chi connectivity index (χ3n) is 4.47. The van der Waals surface area contributed by atoms with Crippen molar-refractivity contribution in [2.24, 2.45) is 0 Å². The third-order valence-corrected chi connectivity index (χ3v) is 4.47. The Labute approximate surface area is 131 Å². The fraction of sp³-hybridized carbons (Fsp3) is 0.500. The summed E-state index contributed by atoms with van der Waals surface area (Å²) < 4.78 is 15.5. The molecule has 1 aromatic carbocycles. The molecule has 3 rings (SSSR count). The van der Waals surface area contributed by atoms with Gasteiger partial charge in [0.2, 0.25) is 0 Å². The molecular weight excluding hydrogens is 277 g/mol. The van der Waals surface area contributed by atoms with Crippen LogP contribution in [-0.4, -0.2) is 27.5 Å². The highest BCUT2D eigenvalue weighted by Gasteiger charge is 2.24. The van der Waals surface area contributed by atoms with Gasteiger partial charge in [-0.3, -0.25) is 4.90 Å². The summed E-state index contributed by atoms with van der Waals surface area (Å²) in [4.78, 5) is 7.00. The van der Waals surface area contributed by atoms with Crippen LogP contribution in [0.3, 0.4) is 0 Å². The molecule has 22 heavy (non-hydrogen) atoms. The first-order valence-corrected chi connectivity index (χ1v) is 8.15. The first-order valence-electron chi connectivity index (χ1n) is 8.15. The van der Waals surface area contributed by atoms with Crippen LogP contribution in [-0.2, 0) is 6.54 Å². The highest BCUT2D eigenvalue weighted by Crippen LogP contribution is 2.28. The Hall–Kier alpha value is -1.68. The van der Waals surface area contributed by atoms with Gasteiger partial charge in [-0.15, -0.1) is 0 Å². The molecule has 0 unspecified atom stereocenters. The molecule has 4 heteroatoms. The number of hydrogen-bond donors (Lipinski definition) is 0. The van der Waals surface area contributed by atoms with Crippen molar-refractivity contribution < 1.29 is 4.39 Å². The van der Waals surface area contributed by atoms with Gasteiger partial charge in [-0.05, 0) is 43.6 Å². The van der Waals surface area contributed by atoms with Crippen molar-refractivity contribution in [2.45, 2.75) is 45.2 Å². The average Bonchev–Trinajstić information content (AvgIpc) is 3.17. The SMILES string of the molecule is CC(C)c1nccn1C[C@H](c1ccc(F)cc1)N1CCCC1. The molecule has 0 N–H and O–H groups in total. The van der Waals surface area contributed by atoms with Crippen LogP contribution in [0.1, 0.15) is 50.0 Å². The van der Waals surface area contributed by atoms with E-state index < -0.39 is 0 Å². The minimum absolute atomic E-state index is 0.172. The maximum absolute atomic E-state index is 13.2. The number of likely N-dealkylation sites (tertiary alicyclic amines) is 1. The lowest BCUT2D eigenvalue weighted by molar-refractivity contribution is 0.219. The zero-order valence-electron chi connectivity index (χ0n) is 13.4. The highest BCUT2D eigenvalue weighted by atomic mass is 19.1. The van der Waals surface area contributed by atoms with Crippen LogP contribution in [0.25, 0.3) is 0 Å². The Morgan fingerprint density at radius 2 is 1.82 bits per heavy atom. The Bertz CT molecular complexity index is 597. The Morgan fingerprint density at radius 3 is 2.45 bits per heavy atom. The molecule has 0 radical (unpaired) electrons. The van der Waals surface area contributed by atoms with Crippen molar-refractivity contribution in [3.63, 3.8) is 0 Å². The average molecular weight is 301 g/mol. The van der Waals surface area contributed by atoms with Crippen molar-refractivity contribution in [3.05, 3.63) is 53.9 Å². The second-order valence-corrected chi connectivity index (χ2v) is 6.40. The smallest absolute Gasteiger partial charge is 0.123 e. The van der Waals surface area contributed by atoms with E-state index in [4.69, 9.17) is 0 Å². The highest BCUT2D eigenvalue weighted by molar-refractivity contribution is 5.20. The van der Waals surface area contributed by atoms with E-state index in [1.54, 1.807) is 12.1 Å². The van der Waals surface area contributed by atoms with Gasteiger partial charge in [-0.1, -0.05) is 26.0 Å². The molecular formula is C18H24FN3. The second kappa shape index (κ2) is 6.61. The largest absolute Gasteiger partial charge is 0.333 e. The number of hydrogen-bond acceptors (Lipinski definition) is 2. The van der Waals surface area contributed by atoms with E-state index in [0.29, 0.717) is 5.92 Å². The van der Waals surface area contributed by atoms with E-state index in [-0.39, 0.29) is 11.9 Å². The van der Waals surface area contributed by atoms with Crippen LogP contribution in [0, 0.1) is 5.82 Å². The molecule has 118 valence electrons. The molecule has 1 aliphatic rings. The van der Waals surface area contributed by atoms with Gasteiger partial charge in [0.25, 0.3) is 0 Å². The molecule has 2 heterocycles. The molecule has 1 fully saturated rings. The standard InChI is InChI=1S/C18H24FN3/c1-14(2)18-20-9-12-22(18)13-17(21-10-3-4-11-21)15-5-7-16(19)8-6-15/h5-9,12,14,17H,3-4,10-11,13H2,1-2H3/t17-/m1/s1. The molecule has 1 atom stereocenters. The van der Waals surface area contributed by atoms with Crippen molar-refractivity contribution >= 4 is 0 Å². The normalized spacial score (nSPS) is 17.3. The Kier molecular flexibility index (Phi) is 4.57. The van der Waals surface area contributed by atoms with Crippen LogP contribution in [0.2, 0.25) is 0 Å². The number of rotatable bonds is 5. The number of halogens is 1.